The van der Waals surface area contributed by atoms with Crippen LogP contribution in [0.2, 0.25) is 0 Å². The maximum absolute atomic E-state index is 10.5. The van der Waals surface area contributed by atoms with E-state index in [9.17, 15) is 35.3 Å². The van der Waals surface area contributed by atoms with Gasteiger partial charge in [-0.3, -0.25) is 9.00 Å². The molecule has 0 aliphatic heterocycles. The quantitative estimate of drug-likeness (QED) is 0.229. The molecular weight excluding hydrogens is 501 g/mol. The number of halogens is 6. The molecule has 0 aromatic carbocycles. The summed E-state index contributed by atoms with van der Waals surface area (Å²) in [5.41, 5.74) is 0. The number of carbonyl (C=O) groups excluding carboxylic acids is 3. The molecule has 26 heavy (non-hydrogen) atoms. The summed E-state index contributed by atoms with van der Waals surface area (Å²) in [5.74, 6) is -6.22. The third-order valence-electron chi connectivity index (χ3n) is 0.811. The molecule has 8 nitrogen and oxygen atoms in total. The van der Waals surface area contributed by atoms with Crippen LogP contribution in [0.4, 0.5) is 26.3 Å². The number of carboxylic acid groups (broad SMARTS) is 2. The predicted octanol–water partition coefficient (Wildman–Crippen LogP) is -1.67. The minimum absolute atomic E-state index is 0. The van der Waals surface area contributed by atoms with E-state index in [-0.39, 0.29) is 31.9 Å². The van der Waals surface area contributed by atoms with Crippen LogP contribution in [0.25, 0.3) is 0 Å². The van der Waals surface area contributed by atoms with Crippen LogP contribution in [0, 0.1) is 0 Å². The van der Waals surface area contributed by atoms with Gasteiger partial charge < -0.3 is 30.0 Å². The topological polar surface area (TPSA) is 155 Å². The monoisotopic (exact) mass is 516 g/mol. The van der Waals surface area contributed by atoms with Crippen molar-refractivity contribution in [1.29, 1.82) is 0 Å². The number of hydrogen-bond donors (Lipinski definition) is 0. The van der Waals surface area contributed by atoms with Gasteiger partial charge in [0.1, 0.15) is 11.9 Å². The molecule has 0 saturated heterocycles. The van der Waals surface area contributed by atoms with Gasteiger partial charge in [-0.1, -0.05) is 0 Å². The molecule has 0 rings (SSSR count). The van der Waals surface area contributed by atoms with E-state index in [0.717, 1.165) is 0 Å². The maximum Gasteiger partial charge on any atom is 2.00 e. The zero-order valence-electron chi connectivity index (χ0n) is 13.6. The van der Waals surface area contributed by atoms with E-state index >= 15 is 0 Å². The first kappa shape index (κ1) is 39.7. The molecule has 0 aromatic rings. The third kappa shape index (κ3) is 56.9. The van der Waals surface area contributed by atoms with Gasteiger partial charge in [-0.25, -0.2) is 0 Å². The molecule has 0 bridgehead atoms. The fourth-order valence-corrected chi connectivity index (χ4v) is 0.203. The first-order valence-corrected chi connectivity index (χ1v) is 7.30. The van der Waals surface area contributed by atoms with Crippen LogP contribution < -0.4 is 10.2 Å². The van der Waals surface area contributed by atoms with Gasteiger partial charge in [-0.05, 0) is 6.92 Å². The zero-order valence-corrected chi connectivity index (χ0v) is 15.9. The van der Waals surface area contributed by atoms with Gasteiger partial charge in [-0.15, -0.1) is 0 Å². The molecule has 2 N–H and O–H groups in total. The van der Waals surface area contributed by atoms with Crippen molar-refractivity contribution < 1.29 is 85.8 Å². The molecule has 0 radical (unpaired) electrons. The van der Waals surface area contributed by atoms with E-state index in [1.165, 1.54) is 6.92 Å². The molecule has 0 heterocycles. The Labute approximate surface area is 160 Å². The summed E-state index contributed by atoms with van der Waals surface area (Å²) in [4.78, 5) is 27.4. The minimum Gasteiger partial charge on any atom is -0.542 e. The van der Waals surface area contributed by atoms with Crippen molar-refractivity contribution in [2.75, 3.05) is 19.1 Å². The third-order valence-corrected chi connectivity index (χ3v) is 0.811. The largest absolute Gasteiger partial charge is 2.00 e. The number of carboxylic acids is 2. The molecule has 162 valence electrons. The van der Waals surface area contributed by atoms with Crippen molar-refractivity contribution in [3.63, 3.8) is 0 Å². The Morgan fingerprint density at radius 2 is 1.08 bits per heavy atom. The number of aliphatic carboxylic acids is 2. The van der Waals surface area contributed by atoms with Crippen LogP contribution in [0.1, 0.15) is 13.8 Å². The van der Waals surface area contributed by atoms with Gasteiger partial charge in [0.15, 0.2) is 0 Å². The SMILES string of the molecule is CCOC(C)=O.CS(C)=O.O.O=C([O-])C(F)(F)F.O=C([O-])C(F)(F)F.[Pd+2]. The Morgan fingerprint density at radius 3 is 1.08 bits per heavy atom. The van der Waals surface area contributed by atoms with Crippen molar-refractivity contribution >= 4 is 28.7 Å². The summed E-state index contributed by atoms with van der Waals surface area (Å²) in [6.07, 6.45) is -7.11. The second kappa shape index (κ2) is 20.1. The summed E-state index contributed by atoms with van der Waals surface area (Å²) in [6, 6.07) is 0. The standard InChI is InChI=1S/C4H8O2.2C2HF3O2.C2H6OS.H2O.Pd/c1-3-6-4(2)5;2*3-2(4,5)1(6)7;1-4(2)3;;/h3H2,1-2H3;2*(H,6,7);1-2H3;1H2;/q;;;;;+2/p-2. The van der Waals surface area contributed by atoms with Gasteiger partial charge in [0.25, 0.3) is 0 Å². The molecular formula is C10H16F6O8PdS. The molecule has 0 amide bonds. The van der Waals surface area contributed by atoms with Crippen molar-refractivity contribution in [1.82, 2.24) is 0 Å². The summed E-state index contributed by atoms with van der Waals surface area (Å²) < 4.78 is 77.1. The summed E-state index contributed by atoms with van der Waals surface area (Å²) in [5, 5.41) is 17.6. The Balaban J connectivity index is -0.0000000509. The smallest absolute Gasteiger partial charge is 0.542 e. The average molecular weight is 517 g/mol. The van der Waals surface area contributed by atoms with Crippen LogP contribution in [-0.4, -0.2) is 59.1 Å². The number of esters is 1. The fourth-order valence-electron chi connectivity index (χ4n) is 0.203. The van der Waals surface area contributed by atoms with E-state index in [1.54, 1.807) is 19.4 Å². The molecule has 0 spiro atoms. The van der Waals surface area contributed by atoms with Crippen LogP contribution in [-0.2, 0) is 50.3 Å². The number of ether oxygens (including phenoxy) is 1. The van der Waals surface area contributed by atoms with Crippen molar-refractivity contribution in [3.8, 4) is 0 Å². The molecule has 0 fully saturated rings. The van der Waals surface area contributed by atoms with Gasteiger partial charge >= 0.3 is 38.7 Å². The first-order valence-electron chi connectivity index (χ1n) is 5.34. The second-order valence-electron chi connectivity index (χ2n) is 3.24. The summed E-state index contributed by atoms with van der Waals surface area (Å²) in [6.45, 7) is 3.65. The fraction of sp³-hybridized carbons (Fsp3) is 0.700. The number of alkyl halides is 6. The van der Waals surface area contributed by atoms with Gasteiger partial charge in [0.2, 0.25) is 0 Å². The second-order valence-corrected chi connectivity index (χ2v) is 4.72. The minimum atomic E-state index is -5.19. The number of rotatable bonds is 1. The Hall–Kier alpha value is -1.24. The van der Waals surface area contributed by atoms with Crippen LogP contribution in [0.5, 0.6) is 0 Å². The van der Waals surface area contributed by atoms with Crippen molar-refractivity contribution in [3.05, 3.63) is 0 Å². The summed E-state index contributed by atoms with van der Waals surface area (Å²) >= 11 is 0. The van der Waals surface area contributed by atoms with Crippen molar-refractivity contribution in [2.24, 2.45) is 0 Å². The van der Waals surface area contributed by atoms with Crippen LogP contribution >= 0.6 is 0 Å². The van der Waals surface area contributed by atoms with Crippen LogP contribution in [0.15, 0.2) is 0 Å². The Kier molecular flexibility index (Phi) is 30.7. The van der Waals surface area contributed by atoms with Gasteiger partial charge in [-0.2, -0.15) is 26.3 Å². The number of hydrogen-bond acceptors (Lipinski definition) is 7. The van der Waals surface area contributed by atoms with Crippen LogP contribution in [0.3, 0.4) is 0 Å². The molecule has 0 saturated carbocycles. The molecule has 0 aliphatic rings. The zero-order chi connectivity index (χ0) is 20.7. The Morgan fingerprint density at radius 1 is 0.923 bits per heavy atom. The van der Waals surface area contributed by atoms with E-state index in [1.807, 2.05) is 0 Å². The van der Waals surface area contributed by atoms with E-state index < -0.39 is 35.1 Å². The summed E-state index contributed by atoms with van der Waals surface area (Å²) in [7, 11) is -0.611. The van der Waals surface area contributed by atoms with Gasteiger partial charge in [0.05, 0.1) is 6.61 Å². The van der Waals surface area contributed by atoms with E-state index in [2.05, 4.69) is 4.74 Å². The Bertz CT molecular complexity index is 385. The average Bonchev–Trinajstić information content (AvgIpc) is 2.26. The maximum atomic E-state index is 10.5. The van der Waals surface area contributed by atoms with Gasteiger partial charge in [0, 0.05) is 30.2 Å². The molecule has 0 unspecified atom stereocenters. The molecule has 16 heteroatoms. The number of carbonyl (C=O) groups is 3. The molecule has 0 atom stereocenters. The predicted molar refractivity (Wildman–Crippen MR) is 68.0 cm³/mol. The van der Waals surface area contributed by atoms with Crippen molar-refractivity contribution in [2.45, 2.75) is 26.2 Å². The van der Waals surface area contributed by atoms with E-state index in [0.29, 0.717) is 6.61 Å². The molecule has 0 aliphatic carbocycles. The first-order chi connectivity index (χ1) is 10.4. The van der Waals surface area contributed by atoms with E-state index in [4.69, 9.17) is 19.8 Å². The normalized spacial score (nSPS) is 9.19. The molecule has 0 aromatic heterocycles.